The molecule has 3 amide bonds. The molecule has 1 aromatic carbocycles. The van der Waals surface area contributed by atoms with Crippen molar-refractivity contribution in [1.29, 1.82) is 0 Å². The van der Waals surface area contributed by atoms with Gasteiger partial charge in [-0.25, -0.2) is 0 Å². The van der Waals surface area contributed by atoms with Gasteiger partial charge in [0.2, 0.25) is 18.2 Å². The number of hydrogen-bond donors (Lipinski definition) is 0. The number of hydrogen-bond acceptors (Lipinski definition) is 3. The van der Waals surface area contributed by atoms with E-state index in [-0.39, 0.29) is 23.7 Å². The first-order chi connectivity index (χ1) is 13.6. The summed E-state index contributed by atoms with van der Waals surface area (Å²) in [6, 6.07) is 10.1. The Morgan fingerprint density at radius 2 is 1.61 bits per heavy atom. The maximum absolute atomic E-state index is 13.0. The Balaban J connectivity index is 1.49. The first-order valence-electron chi connectivity index (χ1n) is 10.4. The number of amides is 3. The van der Waals surface area contributed by atoms with Crippen molar-refractivity contribution in [3.8, 4) is 0 Å². The van der Waals surface area contributed by atoms with Gasteiger partial charge >= 0.3 is 0 Å². The molecule has 2 fully saturated rings. The van der Waals surface area contributed by atoms with Gasteiger partial charge < -0.3 is 14.7 Å². The van der Waals surface area contributed by atoms with E-state index < -0.39 is 0 Å². The zero-order valence-electron chi connectivity index (χ0n) is 16.8. The molecule has 152 valence electrons. The quantitative estimate of drug-likeness (QED) is 0.705. The van der Waals surface area contributed by atoms with Gasteiger partial charge in [-0.3, -0.25) is 14.4 Å². The molecule has 1 saturated carbocycles. The molecule has 0 radical (unpaired) electrons. The second-order valence-electron chi connectivity index (χ2n) is 7.85. The minimum atomic E-state index is 0.0241. The monoisotopic (exact) mass is 385 g/mol. The van der Waals surface area contributed by atoms with Crippen LogP contribution in [-0.4, -0.2) is 65.6 Å². The van der Waals surface area contributed by atoms with Gasteiger partial charge in [0.05, 0.1) is 0 Å². The molecule has 6 nitrogen and oxygen atoms in total. The van der Waals surface area contributed by atoms with Gasteiger partial charge in [0, 0.05) is 51.1 Å². The zero-order chi connectivity index (χ0) is 19.9. The number of carbonyl (C=O) groups excluding carboxylic acids is 3. The number of nitrogens with zero attached hydrogens (tertiary/aromatic N) is 3. The van der Waals surface area contributed by atoms with E-state index in [4.69, 9.17) is 0 Å². The minimum Gasteiger partial charge on any atom is -0.342 e. The Bertz CT molecular complexity index is 663. The summed E-state index contributed by atoms with van der Waals surface area (Å²) < 4.78 is 0. The Morgan fingerprint density at radius 1 is 1.00 bits per heavy atom. The highest BCUT2D eigenvalue weighted by Crippen LogP contribution is 2.31. The largest absolute Gasteiger partial charge is 0.342 e. The molecule has 6 heteroatoms. The van der Waals surface area contributed by atoms with Crippen molar-refractivity contribution in [2.75, 3.05) is 32.7 Å². The molecule has 0 bridgehead atoms. The van der Waals surface area contributed by atoms with Crippen LogP contribution in [0, 0.1) is 11.8 Å². The average Bonchev–Trinajstić information content (AvgIpc) is 2.77. The highest BCUT2D eigenvalue weighted by atomic mass is 16.2. The zero-order valence-corrected chi connectivity index (χ0v) is 16.8. The van der Waals surface area contributed by atoms with Crippen molar-refractivity contribution in [1.82, 2.24) is 14.7 Å². The maximum Gasteiger partial charge on any atom is 0.225 e. The third kappa shape index (κ3) is 4.91. The molecule has 3 rings (SSSR count). The Morgan fingerprint density at radius 3 is 2.18 bits per heavy atom. The molecule has 2 aliphatic rings. The normalized spacial score (nSPS) is 22.6. The van der Waals surface area contributed by atoms with Crippen LogP contribution < -0.4 is 0 Å². The minimum absolute atomic E-state index is 0.0241. The maximum atomic E-state index is 13.0. The molecule has 0 N–H and O–H groups in total. The van der Waals surface area contributed by atoms with E-state index in [0.717, 1.165) is 37.7 Å². The van der Waals surface area contributed by atoms with Gasteiger partial charge in [-0.05, 0) is 38.2 Å². The molecule has 1 aliphatic heterocycles. The van der Waals surface area contributed by atoms with E-state index in [0.29, 0.717) is 39.3 Å². The van der Waals surface area contributed by atoms with Crippen LogP contribution in [0.15, 0.2) is 30.3 Å². The lowest BCUT2D eigenvalue weighted by molar-refractivity contribution is -0.143. The van der Waals surface area contributed by atoms with Gasteiger partial charge in [-0.1, -0.05) is 30.3 Å². The van der Waals surface area contributed by atoms with E-state index >= 15 is 0 Å². The molecule has 0 spiro atoms. The molecule has 1 aromatic rings. The Hall–Kier alpha value is -2.37. The number of benzene rings is 1. The third-order valence-corrected chi connectivity index (χ3v) is 6.11. The van der Waals surface area contributed by atoms with Crippen LogP contribution >= 0.6 is 0 Å². The van der Waals surface area contributed by atoms with Crippen molar-refractivity contribution in [3.63, 3.8) is 0 Å². The van der Waals surface area contributed by atoms with Crippen LogP contribution in [0.1, 0.15) is 38.2 Å². The summed E-state index contributed by atoms with van der Waals surface area (Å²) in [6.07, 6.45) is 4.00. The highest BCUT2D eigenvalue weighted by Gasteiger charge is 2.34. The number of piperazine rings is 1. The summed E-state index contributed by atoms with van der Waals surface area (Å²) in [6.45, 7) is 5.86. The first kappa shape index (κ1) is 20.4. The van der Waals surface area contributed by atoms with Crippen LogP contribution in [0.5, 0.6) is 0 Å². The van der Waals surface area contributed by atoms with Gasteiger partial charge in [-0.15, -0.1) is 0 Å². The van der Waals surface area contributed by atoms with E-state index in [1.807, 2.05) is 34.9 Å². The number of carbonyl (C=O) groups is 3. The fraction of sp³-hybridized carbons (Fsp3) is 0.591. The molecular weight excluding hydrogens is 354 g/mol. The summed E-state index contributed by atoms with van der Waals surface area (Å²) >= 11 is 0. The van der Waals surface area contributed by atoms with E-state index in [1.165, 1.54) is 0 Å². The van der Waals surface area contributed by atoms with Crippen molar-refractivity contribution in [2.45, 2.75) is 39.2 Å². The van der Waals surface area contributed by atoms with Crippen LogP contribution in [0.25, 0.3) is 0 Å². The fourth-order valence-corrected chi connectivity index (χ4v) is 4.30. The SMILES string of the molecule is CCN(Cc1ccccc1)C(=O)C1CCC(C(=O)N2CCN(C=O)CC2)CC1. The fourth-order valence-electron chi connectivity index (χ4n) is 4.30. The standard InChI is InChI=1S/C22H31N3O3/c1-2-24(16-18-6-4-3-5-7-18)21(27)19-8-10-20(11-9-19)22(28)25-14-12-23(17-26)13-15-25/h3-7,17,19-20H,2,8-16H2,1H3. The van der Waals surface area contributed by atoms with E-state index in [9.17, 15) is 14.4 Å². The molecule has 1 saturated heterocycles. The molecule has 0 unspecified atom stereocenters. The van der Waals surface area contributed by atoms with E-state index in [2.05, 4.69) is 12.1 Å². The second-order valence-corrected chi connectivity index (χ2v) is 7.85. The number of rotatable bonds is 6. The molecule has 1 aliphatic carbocycles. The Labute approximate surface area is 167 Å². The predicted octanol–water partition coefficient (Wildman–Crippen LogP) is 2.14. The molecule has 0 aromatic heterocycles. The van der Waals surface area contributed by atoms with Gasteiger partial charge in [0.1, 0.15) is 0 Å². The van der Waals surface area contributed by atoms with Gasteiger partial charge in [0.25, 0.3) is 0 Å². The molecule has 1 heterocycles. The summed E-state index contributed by atoms with van der Waals surface area (Å²) in [4.78, 5) is 42.1. The summed E-state index contributed by atoms with van der Waals surface area (Å²) in [5.41, 5.74) is 1.15. The molecular formula is C22H31N3O3. The van der Waals surface area contributed by atoms with Crippen LogP contribution in [0.4, 0.5) is 0 Å². The lowest BCUT2D eigenvalue weighted by atomic mass is 9.80. The van der Waals surface area contributed by atoms with Crippen LogP contribution in [0.2, 0.25) is 0 Å². The third-order valence-electron chi connectivity index (χ3n) is 6.11. The topological polar surface area (TPSA) is 60.9 Å². The smallest absolute Gasteiger partial charge is 0.225 e. The summed E-state index contributed by atoms with van der Waals surface area (Å²) in [7, 11) is 0. The van der Waals surface area contributed by atoms with Gasteiger partial charge in [0.15, 0.2) is 0 Å². The molecule has 28 heavy (non-hydrogen) atoms. The second kappa shape index (κ2) is 9.71. The highest BCUT2D eigenvalue weighted by molar-refractivity contribution is 5.81. The average molecular weight is 386 g/mol. The lowest BCUT2D eigenvalue weighted by Gasteiger charge is -2.37. The van der Waals surface area contributed by atoms with E-state index in [1.54, 1.807) is 4.90 Å². The van der Waals surface area contributed by atoms with Crippen molar-refractivity contribution in [2.24, 2.45) is 11.8 Å². The van der Waals surface area contributed by atoms with Crippen molar-refractivity contribution >= 4 is 18.2 Å². The summed E-state index contributed by atoms with van der Waals surface area (Å²) in [5, 5.41) is 0. The summed E-state index contributed by atoms with van der Waals surface area (Å²) in [5.74, 6) is 0.473. The lowest BCUT2D eigenvalue weighted by Crippen LogP contribution is -2.50. The predicted molar refractivity (Wildman–Crippen MR) is 107 cm³/mol. The van der Waals surface area contributed by atoms with Crippen molar-refractivity contribution < 1.29 is 14.4 Å². The molecule has 0 atom stereocenters. The Kier molecular flexibility index (Phi) is 7.06. The van der Waals surface area contributed by atoms with Crippen molar-refractivity contribution in [3.05, 3.63) is 35.9 Å². The van der Waals surface area contributed by atoms with Crippen LogP contribution in [-0.2, 0) is 20.9 Å². The first-order valence-corrected chi connectivity index (χ1v) is 10.4. The van der Waals surface area contributed by atoms with Crippen LogP contribution in [0.3, 0.4) is 0 Å². The van der Waals surface area contributed by atoms with Gasteiger partial charge in [-0.2, -0.15) is 0 Å².